The van der Waals surface area contributed by atoms with Crippen molar-refractivity contribution in [3.8, 4) is 0 Å². The zero-order valence-electron chi connectivity index (χ0n) is 17.1. The number of carbonyl (C=O) groups excluding carboxylic acids is 4. The second kappa shape index (κ2) is 6.94. The first-order valence-electron chi connectivity index (χ1n) is 10.5. The second-order valence-corrected chi connectivity index (χ2v) is 8.82. The SMILES string of the molecule is O=C1C2C(c3ccccc3)OC3(C(=O)c4ccccc4C3=O)C2C(=O)N1c1ccc(Cl)cc1. The minimum Gasteiger partial charge on any atom is -0.349 e. The average Bonchev–Trinajstić information content (AvgIpc) is 3.41. The monoisotopic (exact) mass is 457 g/mol. The molecule has 2 fully saturated rings. The summed E-state index contributed by atoms with van der Waals surface area (Å²) in [7, 11) is 0. The third kappa shape index (κ3) is 2.53. The molecule has 3 atom stereocenters. The third-order valence-electron chi connectivity index (χ3n) is 6.73. The number of hydrogen-bond donors (Lipinski definition) is 0. The summed E-state index contributed by atoms with van der Waals surface area (Å²) in [4.78, 5) is 55.8. The Balaban J connectivity index is 1.55. The average molecular weight is 458 g/mol. The molecule has 3 unspecified atom stereocenters. The molecule has 0 saturated carbocycles. The number of fused-ring (bicyclic) bond motifs is 3. The van der Waals surface area contributed by atoms with Crippen molar-refractivity contribution in [2.45, 2.75) is 11.7 Å². The van der Waals surface area contributed by atoms with Gasteiger partial charge in [0.25, 0.3) is 0 Å². The van der Waals surface area contributed by atoms with E-state index in [0.717, 1.165) is 4.90 Å². The van der Waals surface area contributed by atoms with E-state index in [9.17, 15) is 19.2 Å². The van der Waals surface area contributed by atoms with Gasteiger partial charge in [0.2, 0.25) is 29.0 Å². The Morgan fingerprint density at radius 3 is 1.91 bits per heavy atom. The minimum atomic E-state index is -2.07. The Labute approximate surface area is 193 Å². The lowest BCUT2D eigenvalue weighted by Gasteiger charge is -2.27. The van der Waals surface area contributed by atoms with Crippen LogP contribution in [0.2, 0.25) is 5.02 Å². The molecule has 6 rings (SSSR count). The van der Waals surface area contributed by atoms with Crippen molar-refractivity contribution in [1.29, 1.82) is 0 Å². The highest BCUT2D eigenvalue weighted by Crippen LogP contribution is 2.57. The summed E-state index contributed by atoms with van der Waals surface area (Å²) >= 11 is 5.98. The predicted octanol–water partition coefficient (Wildman–Crippen LogP) is 4.04. The highest BCUT2D eigenvalue weighted by atomic mass is 35.5. The summed E-state index contributed by atoms with van der Waals surface area (Å²) in [5.41, 5.74) is -0.690. The molecule has 33 heavy (non-hydrogen) atoms. The third-order valence-corrected chi connectivity index (χ3v) is 6.98. The van der Waals surface area contributed by atoms with Crippen LogP contribution in [0.5, 0.6) is 0 Å². The normalized spacial score (nSPS) is 25.1. The summed E-state index contributed by atoms with van der Waals surface area (Å²) in [5, 5.41) is 0.455. The first kappa shape index (κ1) is 20.0. The minimum absolute atomic E-state index is 0.208. The summed E-state index contributed by atoms with van der Waals surface area (Å²) < 4.78 is 6.23. The van der Waals surface area contributed by atoms with Crippen LogP contribution < -0.4 is 4.90 Å². The number of Topliss-reactive ketones (excluding diaryl/α,β-unsaturated/α-hetero) is 2. The molecular weight excluding hydrogens is 442 g/mol. The Hall–Kier alpha value is -3.61. The fourth-order valence-corrected chi connectivity index (χ4v) is 5.43. The number of halogens is 1. The van der Waals surface area contributed by atoms with Crippen LogP contribution in [0.3, 0.4) is 0 Å². The molecule has 0 bridgehead atoms. The number of carbonyl (C=O) groups is 4. The molecule has 2 amide bonds. The Morgan fingerprint density at radius 1 is 0.727 bits per heavy atom. The molecule has 3 aliphatic rings. The molecule has 162 valence electrons. The highest BCUT2D eigenvalue weighted by molar-refractivity contribution is 6.37. The van der Waals surface area contributed by atoms with Gasteiger partial charge in [-0.1, -0.05) is 66.2 Å². The molecule has 2 heterocycles. The van der Waals surface area contributed by atoms with Crippen molar-refractivity contribution in [1.82, 2.24) is 0 Å². The summed E-state index contributed by atoms with van der Waals surface area (Å²) in [6.07, 6.45) is -0.924. The van der Waals surface area contributed by atoms with E-state index in [4.69, 9.17) is 16.3 Å². The molecular formula is C26H16ClNO5. The zero-order valence-corrected chi connectivity index (χ0v) is 17.9. The van der Waals surface area contributed by atoms with Crippen LogP contribution in [0.15, 0.2) is 78.9 Å². The van der Waals surface area contributed by atoms with E-state index < -0.39 is 46.9 Å². The van der Waals surface area contributed by atoms with E-state index in [0.29, 0.717) is 16.3 Å². The van der Waals surface area contributed by atoms with Gasteiger partial charge in [0.1, 0.15) is 0 Å². The van der Waals surface area contributed by atoms with E-state index in [1.54, 1.807) is 72.8 Å². The lowest BCUT2D eigenvalue weighted by Crippen LogP contribution is -2.51. The maximum Gasteiger partial charge on any atom is 0.241 e. The fraction of sp³-hybridized carbons (Fsp3) is 0.154. The van der Waals surface area contributed by atoms with Gasteiger partial charge in [-0.2, -0.15) is 0 Å². The zero-order chi connectivity index (χ0) is 22.9. The number of ether oxygens (including phenoxy) is 1. The van der Waals surface area contributed by atoms with Crippen LogP contribution in [0.1, 0.15) is 32.4 Å². The lowest BCUT2D eigenvalue weighted by atomic mass is 9.77. The number of hydrogen-bond acceptors (Lipinski definition) is 5. The smallest absolute Gasteiger partial charge is 0.241 e. The summed E-state index contributed by atoms with van der Waals surface area (Å²) in [5.74, 6) is -4.56. The van der Waals surface area contributed by atoms with E-state index in [2.05, 4.69) is 0 Å². The van der Waals surface area contributed by atoms with Crippen molar-refractivity contribution in [2.24, 2.45) is 11.8 Å². The van der Waals surface area contributed by atoms with E-state index in [-0.39, 0.29) is 11.1 Å². The van der Waals surface area contributed by atoms with Crippen LogP contribution in [-0.2, 0) is 14.3 Å². The van der Waals surface area contributed by atoms with E-state index >= 15 is 0 Å². The van der Waals surface area contributed by atoms with Crippen LogP contribution in [0, 0.1) is 11.8 Å². The van der Waals surface area contributed by atoms with Crippen LogP contribution >= 0.6 is 11.6 Å². The molecule has 1 spiro atoms. The second-order valence-electron chi connectivity index (χ2n) is 8.38. The Morgan fingerprint density at radius 2 is 1.30 bits per heavy atom. The standard InChI is InChI=1S/C26H16ClNO5/c27-15-10-12-16(13-11-15)28-24(31)19-20(25(28)32)26(33-21(19)14-6-2-1-3-7-14)22(29)17-8-4-5-9-18(17)23(26)30/h1-13,19-21H. The molecule has 3 aromatic rings. The van der Waals surface area contributed by atoms with Gasteiger partial charge < -0.3 is 4.74 Å². The number of rotatable bonds is 2. The van der Waals surface area contributed by atoms with Gasteiger partial charge in [0.05, 0.1) is 23.6 Å². The van der Waals surface area contributed by atoms with Gasteiger partial charge in [-0.15, -0.1) is 0 Å². The van der Waals surface area contributed by atoms with Crippen molar-refractivity contribution in [3.63, 3.8) is 0 Å². The Kier molecular flexibility index (Phi) is 4.21. The number of benzene rings is 3. The van der Waals surface area contributed by atoms with E-state index in [1.807, 2.05) is 6.07 Å². The van der Waals surface area contributed by atoms with Gasteiger partial charge in [-0.25, -0.2) is 4.90 Å². The van der Waals surface area contributed by atoms with Crippen LogP contribution in [0.4, 0.5) is 5.69 Å². The van der Waals surface area contributed by atoms with E-state index in [1.165, 1.54) is 0 Å². The van der Waals surface area contributed by atoms with Gasteiger partial charge in [0, 0.05) is 16.1 Å². The molecule has 0 radical (unpaired) electrons. The number of amides is 2. The molecule has 6 nitrogen and oxygen atoms in total. The maximum atomic E-state index is 13.8. The van der Waals surface area contributed by atoms with Crippen molar-refractivity contribution in [2.75, 3.05) is 4.90 Å². The van der Waals surface area contributed by atoms with Gasteiger partial charge in [-0.05, 0) is 29.8 Å². The topological polar surface area (TPSA) is 80.8 Å². The number of anilines is 1. The summed E-state index contributed by atoms with van der Waals surface area (Å²) in [6.45, 7) is 0. The maximum absolute atomic E-state index is 13.8. The predicted molar refractivity (Wildman–Crippen MR) is 119 cm³/mol. The van der Waals surface area contributed by atoms with Crippen LogP contribution in [-0.4, -0.2) is 29.0 Å². The number of ketones is 2. The van der Waals surface area contributed by atoms with Crippen molar-refractivity contribution >= 4 is 40.7 Å². The Bertz CT molecular complexity index is 1320. The van der Waals surface area contributed by atoms with Gasteiger partial charge in [0.15, 0.2) is 0 Å². The number of nitrogens with zero attached hydrogens (tertiary/aromatic N) is 1. The molecule has 3 aromatic carbocycles. The lowest BCUT2D eigenvalue weighted by molar-refractivity contribution is -0.127. The molecule has 2 aliphatic heterocycles. The van der Waals surface area contributed by atoms with Gasteiger partial charge in [-0.3, -0.25) is 19.2 Å². The first-order valence-corrected chi connectivity index (χ1v) is 10.9. The quantitative estimate of drug-likeness (QED) is 0.428. The largest absolute Gasteiger partial charge is 0.349 e. The molecule has 0 aromatic heterocycles. The highest BCUT2D eigenvalue weighted by Gasteiger charge is 2.74. The molecule has 7 heteroatoms. The summed E-state index contributed by atoms with van der Waals surface area (Å²) in [6, 6.07) is 21.6. The molecule has 2 saturated heterocycles. The van der Waals surface area contributed by atoms with Gasteiger partial charge >= 0.3 is 0 Å². The van der Waals surface area contributed by atoms with Crippen molar-refractivity contribution in [3.05, 3.63) is 101 Å². The molecule has 1 aliphatic carbocycles. The van der Waals surface area contributed by atoms with Crippen LogP contribution in [0.25, 0.3) is 0 Å². The number of imide groups is 1. The van der Waals surface area contributed by atoms with Crippen molar-refractivity contribution < 1.29 is 23.9 Å². The fourth-order valence-electron chi connectivity index (χ4n) is 5.31. The first-order chi connectivity index (χ1) is 15.9. The molecule has 0 N–H and O–H groups in total.